The van der Waals surface area contributed by atoms with Gasteiger partial charge in [-0.25, -0.2) is 0 Å². The molecule has 4 heteroatoms. The fraction of sp³-hybridized carbons (Fsp3) is 0.400. The zero-order chi connectivity index (χ0) is 14.0. The number of aryl methyl sites for hydroxylation is 1. The molecule has 0 unspecified atom stereocenters. The lowest BCUT2D eigenvalue weighted by Crippen LogP contribution is -2.15. The van der Waals surface area contributed by atoms with Gasteiger partial charge in [0.1, 0.15) is 0 Å². The molecule has 2 heterocycles. The zero-order valence-corrected chi connectivity index (χ0v) is 12.7. The van der Waals surface area contributed by atoms with Crippen LogP contribution in [0.2, 0.25) is 0 Å². The molecular formula is C15H20N2OS. The number of rotatable bonds is 3. The normalized spacial score (nSPS) is 11.6. The Balaban J connectivity index is 2.04. The molecule has 1 N–H and O–H groups in total. The molecule has 0 aliphatic heterocycles. The minimum Gasteiger partial charge on any atom is -0.379 e. The number of thiophene rings is 1. The van der Waals surface area contributed by atoms with E-state index < -0.39 is 0 Å². The second-order valence-corrected chi connectivity index (χ2v) is 6.90. The van der Waals surface area contributed by atoms with E-state index in [1.807, 2.05) is 23.6 Å². The van der Waals surface area contributed by atoms with Gasteiger partial charge in [-0.2, -0.15) is 0 Å². The fourth-order valence-electron chi connectivity index (χ4n) is 1.76. The average molecular weight is 276 g/mol. The van der Waals surface area contributed by atoms with Crippen LogP contribution in [-0.2, 0) is 19.0 Å². The summed E-state index contributed by atoms with van der Waals surface area (Å²) >= 11 is 1.84. The summed E-state index contributed by atoms with van der Waals surface area (Å²) in [6.07, 6.45) is 1.82. The molecule has 19 heavy (non-hydrogen) atoms. The van der Waals surface area contributed by atoms with E-state index in [-0.39, 0.29) is 11.0 Å². The van der Waals surface area contributed by atoms with Crippen molar-refractivity contribution in [3.8, 4) is 0 Å². The quantitative estimate of drug-likeness (QED) is 0.932. The van der Waals surface area contributed by atoms with Gasteiger partial charge in [-0.1, -0.05) is 20.8 Å². The molecular weight excluding hydrogens is 256 g/mol. The first-order valence-corrected chi connectivity index (χ1v) is 7.18. The highest BCUT2D eigenvalue weighted by atomic mass is 32.1. The van der Waals surface area contributed by atoms with Gasteiger partial charge >= 0.3 is 0 Å². The molecule has 0 saturated heterocycles. The Hall–Kier alpha value is -1.55. The molecule has 0 saturated carbocycles. The Morgan fingerprint density at radius 3 is 2.53 bits per heavy atom. The van der Waals surface area contributed by atoms with Crippen molar-refractivity contribution in [2.24, 2.45) is 7.05 Å². The lowest BCUT2D eigenvalue weighted by atomic mass is 9.95. The van der Waals surface area contributed by atoms with Gasteiger partial charge in [-0.3, -0.25) is 4.79 Å². The van der Waals surface area contributed by atoms with Crippen LogP contribution in [0.1, 0.15) is 30.5 Å². The van der Waals surface area contributed by atoms with E-state index in [0.29, 0.717) is 0 Å². The Bertz CT molecular complexity index is 620. The third-order valence-corrected chi connectivity index (χ3v) is 4.46. The van der Waals surface area contributed by atoms with Crippen LogP contribution in [0, 0.1) is 0 Å². The van der Waals surface area contributed by atoms with Crippen LogP contribution in [0.4, 0.5) is 5.69 Å². The van der Waals surface area contributed by atoms with E-state index in [0.717, 1.165) is 12.2 Å². The van der Waals surface area contributed by atoms with E-state index in [2.05, 4.69) is 38.2 Å². The zero-order valence-electron chi connectivity index (χ0n) is 11.9. The van der Waals surface area contributed by atoms with E-state index in [4.69, 9.17) is 0 Å². The smallest absolute Gasteiger partial charge is 0.250 e. The maximum Gasteiger partial charge on any atom is 0.250 e. The van der Waals surface area contributed by atoms with Crippen molar-refractivity contribution in [3.63, 3.8) is 0 Å². The van der Waals surface area contributed by atoms with Crippen molar-refractivity contribution in [1.82, 2.24) is 4.57 Å². The molecule has 0 aliphatic carbocycles. The molecule has 2 aromatic rings. The number of nitrogens with one attached hydrogen (secondary N) is 1. The predicted octanol–water partition coefficient (Wildman–Crippen LogP) is 3.36. The minimum atomic E-state index is 0.0108. The van der Waals surface area contributed by atoms with Crippen LogP contribution in [0.15, 0.2) is 35.3 Å². The van der Waals surface area contributed by atoms with Crippen molar-refractivity contribution in [3.05, 3.63) is 50.6 Å². The highest BCUT2D eigenvalue weighted by Gasteiger charge is 2.15. The standard InChI is InChI=1S/C15H20N2OS/c1-15(2,3)13-7-6-12(19-13)9-16-11-5-8-14(18)17(4)10-11/h5-8,10,16H,9H2,1-4H3. The maximum absolute atomic E-state index is 11.3. The summed E-state index contributed by atoms with van der Waals surface area (Å²) in [6, 6.07) is 7.76. The number of hydrogen-bond acceptors (Lipinski definition) is 3. The van der Waals surface area contributed by atoms with E-state index in [9.17, 15) is 4.79 Å². The second kappa shape index (κ2) is 5.21. The van der Waals surface area contributed by atoms with E-state index >= 15 is 0 Å². The number of anilines is 1. The summed E-state index contributed by atoms with van der Waals surface area (Å²) < 4.78 is 1.58. The molecule has 0 amide bonds. The average Bonchev–Trinajstić information content (AvgIpc) is 2.79. The Morgan fingerprint density at radius 2 is 1.95 bits per heavy atom. The molecule has 102 valence electrons. The Morgan fingerprint density at radius 1 is 1.21 bits per heavy atom. The first-order valence-electron chi connectivity index (χ1n) is 6.36. The van der Waals surface area contributed by atoms with Gasteiger partial charge in [0.2, 0.25) is 5.56 Å². The van der Waals surface area contributed by atoms with Crippen molar-refractivity contribution < 1.29 is 0 Å². The van der Waals surface area contributed by atoms with Crippen molar-refractivity contribution >= 4 is 17.0 Å². The third-order valence-electron chi connectivity index (χ3n) is 2.95. The summed E-state index contributed by atoms with van der Waals surface area (Å²) in [4.78, 5) is 14.0. The number of hydrogen-bond donors (Lipinski definition) is 1. The Labute approximate surface area is 117 Å². The summed E-state index contributed by atoms with van der Waals surface area (Å²) in [6.45, 7) is 7.47. The van der Waals surface area contributed by atoms with Crippen molar-refractivity contribution in [1.29, 1.82) is 0 Å². The van der Waals surface area contributed by atoms with Gasteiger partial charge in [-0.05, 0) is 23.6 Å². The highest BCUT2D eigenvalue weighted by Crippen LogP contribution is 2.29. The van der Waals surface area contributed by atoms with Crippen LogP contribution in [0.25, 0.3) is 0 Å². The second-order valence-electron chi connectivity index (χ2n) is 5.74. The van der Waals surface area contributed by atoms with Crippen LogP contribution in [0.3, 0.4) is 0 Å². The molecule has 0 bridgehead atoms. The van der Waals surface area contributed by atoms with Crippen molar-refractivity contribution in [2.45, 2.75) is 32.7 Å². The van der Waals surface area contributed by atoms with Crippen molar-refractivity contribution in [2.75, 3.05) is 5.32 Å². The molecule has 2 aromatic heterocycles. The van der Waals surface area contributed by atoms with Crippen LogP contribution >= 0.6 is 11.3 Å². The predicted molar refractivity (Wildman–Crippen MR) is 82.0 cm³/mol. The molecule has 0 fully saturated rings. The highest BCUT2D eigenvalue weighted by molar-refractivity contribution is 7.12. The van der Waals surface area contributed by atoms with Crippen LogP contribution < -0.4 is 10.9 Å². The topological polar surface area (TPSA) is 34.0 Å². The van der Waals surface area contributed by atoms with Gasteiger partial charge in [0.15, 0.2) is 0 Å². The number of aromatic nitrogens is 1. The van der Waals surface area contributed by atoms with Gasteiger partial charge in [0, 0.05) is 35.6 Å². The molecule has 0 aromatic carbocycles. The molecule has 0 radical (unpaired) electrons. The third kappa shape index (κ3) is 3.47. The van der Waals surface area contributed by atoms with Gasteiger partial charge in [-0.15, -0.1) is 11.3 Å². The largest absolute Gasteiger partial charge is 0.379 e. The maximum atomic E-state index is 11.3. The summed E-state index contributed by atoms with van der Waals surface area (Å²) in [5.41, 5.74) is 1.18. The monoisotopic (exact) mass is 276 g/mol. The molecule has 2 rings (SSSR count). The minimum absolute atomic E-state index is 0.0108. The van der Waals surface area contributed by atoms with Gasteiger partial charge in [0.25, 0.3) is 0 Å². The first kappa shape index (κ1) is 13.9. The molecule has 0 aliphatic rings. The summed E-state index contributed by atoms with van der Waals surface area (Å²) in [5.74, 6) is 0. The molecule has 3 nitrogen and oxygen atoms in total. The summed E-state index contributed by atoms with van der Waals surface area (Å²) in [7, 11) is 1.76. The molecule has 0 atom stereocenters. The van der Waals surface area contributed by atoms with Gasteiger partial charge < -0.3 is 9.88 Å². The lowest BCUT2D eigenvalue weighted by Gasteiger charge is -2.15. The van der Waals surface area contributed by atoms with Crippen LogP contribution in [-0.4, -0.2) is 4.57 Å². The van der Waals surface area contributed by atoms with E-state index in [1.165, 1.54) is 9.75 Å². The first-order chi connectivity index (χ1) is 8.86. The molecule has 0 spiro atoms. The SMILES string of the molecule is Cn1cc(NCc2ccc(C(C)(C)C)s2)ccc1=O. The fourth-order valence-corrected chi connectivity index (χ4v) is 2.77. The Kier molecular flexibility index (Phi) is 3.80. The summed E-state index contributed by atoms with van der Waals surface area (Å²) in [5, 5.41) is 3.34. The van der Waals surface area contributed by atoms with E-state index in [1.54, 1.807) is 17.7 Å². The number of nitrogens with zero attached hydrogens (tertiary/aromatic N) is 1. The number of pyridine rings is 1. The van der Waals surface area contributed by atoms with Crippen LogP contribution in [0.5, 0.6) is 0 Å². The van der Waals surface area contributed by atoms with Gasteiger partial charge in [0.05, 0.1) is 5.69 Å². The lowest BCUT2D eigenvalue weighted by molar-refractivity contribution is 0.604.